The van der Waals surface area contributed by atoms with Crippen LogP contribution in [-0.2, 0) is 6.54 Å². The summed E-state index contributed by atoms with van der Waals surface area (Å²) in [7, 11) is 2.18. The summed E-state index contributed by atoms with van der Waals surface area (Å²) in [6.45, 7) is 4.41. The van der Waals surface area contributed by atoms with Gasteiger partial charge in [0.05, 0.1) is 5.69 Å². The van der Waals surface area contributed by atoms with Gasteiger partial charge >= 0.3 is 0 Å². The van der Waals surface area contributed by atoms with Crippen molar-refractivity contribution in [3.05, 3.63) is 10.6 Å². The second-order valence-electron chi connectivity index (χ2n) is 6.01. The minimum absolute atomic E-state index is 0.764. The lowest BCUT2D eigenvalue weighted by molar-refractivity contribution is 0.688. The number of aromatic nitrogens is 1. The zero-order valence-corrected chi connectivity index (χ0v) is 12.9. The summed E-state index contributed by atoms with van der Waals surface area (Å²) in [5, 5.41) is 4.87. The van der Waals surface area contributed by atoms with Crippen LogP contribution in [0.15, 0.2) is 0 Å². The van der Waals surface area contributed by atoms with E-state index < -0.39 is 0 Å². The first-order chi connectivity index (χ1) is 9.28. The molecule has 1 heterocycles. The van der Waals surface area contributed by atoms with Gasteiger partial charge in [0.1, 0.15) is 0 Å². The molecule has 1 aromatic heterocycles. The number of hydrogen-bond donors (Lipinski definition) is 1. The van der Waals surface area contributed by atoms with Crippen LogP contribution in [0.4, 0.5) is 5.13 Å². The molecule has 0 saturated heterocycles. The van der Waals surface area contributed by atoms with Gasteiger partial charge in [-0.25, -0.2) is 4.98 Å². The van der Waals surface area contributed by atoms with Gasteiger partial charge in [-0.15, -0.1) is 11.3 Å². The van der Waals surface area contributed by atoms with Crippen molar-refractivity contribution in [2.45, 2.75) is 64.0 Å². The average Bonchev–Trinajstić information content (AvgIpc) is 3.33. The van der Waals surface area contributed by atoms with Gasteiger partial charge in [-0.2, -0.15) is 0 Å². The Morgan fingerprint density at radius 1 is 1.32 bits per heavy atom. The molecule has 0 unspecified atom stereocenters. The number of unbranched alkanes of at least 4 members (excludes halogenated alkanes) is 1. The van der Waals surface area contributed by atoms with Gasteiger partial charge in [-0.1, -0.05) is 13.3 Å². The van der Waals surface area contributed by atoms with Crippen LogP contribution in [0.5, 0.6) is 0 Å². The third kappa shape index (κ3) is 3.48. The minimum atomic E-state index is 0.764. The topological polar surface area (TPSA) is 28.2 Å². The van der Waals surface area contributed by atoms with Crippen molar-refractivity contribution < 1.29 is 0 Å². The predicted octanol–water partition coefficient (Wildman–Crippen LogP) is 3.51. The van der Waals surface area contributed by atoms with Gasteiger partial charge in [0, 0.05) is 37.0 Å². The molecule has 0 aliphatic heterocycles. The Morgan fingerprint density at radius 2 is 2.11 bits per heavy atom. The zero-order chi connectivity index (χ0) is 13.2. The molecule has 0 bridgehead atoms. The summed E-state index contributed by atoms with van der Waals surface area (Å²) in [5.41, 5.74) is 1.40. The smallest absolute Gasteiger partial charge is 0.185 e. The van der Waals surface area contributed by atoms with Gasteiger partial charge in [-0.05, 0) is 32.1 Å². The molecule has 0 aromatic carbocycles. The quantitative estimate of drug-likeness (QED) is 0.789. The van der Waals surface area contributed by atoms with Crippen molar-refractivity contribution in [2.24, 2.45) is 0 Å². The number of hydrogen-bond acceptors (Lipinski definition) is 4. The standard InChI is InChI=1S/C15H25N3S/c1-3-4-9-18(2)15-17-14(11-5-6-11)13(19-15)10-16-12-7-8-12/h11-12,16H,3-10H2,1-2H3. The SMILES string of the molecule is CCCCN(C)c1nc(C2CC2)c(CNC2CC2)s1. The van der Waals surface area contributed by atoms with E-state index in [4.69, 9.17) is 4.98 Å². The summed E-state index contributed by atoms with van der Waals surface area (Å²) in [6.07, 6.45) is 7.92. The van der Waals surface area contributed by atoms with Crippen molar-refractivity contribution in [1.29, 1.82) is 0 Å². The number of nitrogens with zero attached hydrogens (tertiary/aromatic N) is 2. The van der Waals surface area contributed by atoms with Crippen LogP contribution in [0.3, 0.4) is 0 Å². The molecule has 2 saturated carbocycles. The third-order valence-electron chi connectivity index (χ3n) is 3.98. The maximum Gasteiger partial charge on any atom is 0.185 e. The normalized spacial score (nSPS) is 18.8. The van der Waals surface area contributed by atoms with Gasteiger partial charge in [-0.3, -0.25) is 0 Å². The van der Waals surface area contributed by atoms with E-state index >= 15 is 0 Å². The van der Waals surface area contributed by atoms with Gasteiger partial charge < -0.3 is 10.2 Å². The monoisotopic (exact) mass is 279 g/mol. The van der Waals surface area contributed by atoms with Crippen molar-refractivity contribution in [3.8, 4) is 0 Å². The van der Waals surface area contributed by atoms with E-state index in [1.54, 1.807) is 0 Å². The lowest BCUT2D eigenvalue weighted by atomic mass is 10.2. The molecular formula is C15H25N3S. The highest BCUT2D eigenvalue weighted by Crippen LogP contribution is 2.44. The van der Waals surface area contributed by atoms with Crippen molar-refractivity contribution in [3.63, 3.8) is 0 Å². The lowest BCUT2D eigenvalue weighted by Crippen LogP contribution is -2.17. The van der Waals surface area contributed by atoms with E-state index in [1.165, 1.54) is 54.2 Å². The van der Waals surface area contributed by atoms with Crippen molar-refractivity contribution in [1.82, 2.24) is 10.3 Å². The Balaban J connectivity index is 1.67. The van der Waals surface area contributed by atoms with E-state index in [2.05, 4.69) is 24.2 Å². The fourth-order valence-corrected chi connectivity index (χ4v) is 3.42. The van der Waals surface area contributed by atoms with Crippen molar-refractivity contribution >= 4 is 16.5 Å². The molecule has 19 heavy (non-hydrogen) atoms. The first kappa shape index (κ1) is 13.4. The fourth-order valence-electron chi connectivity index (χ4n) is 2.33. The molecule has 0 atom stereocenters. The molecule has 1 N–H and O–H groups in total. The molecule has 2 aliphatic carbocycles. The van der Waals surface area contributed by atoms with Gasteiger partial charge in [0.15, 0.2) is 5.13 Å². The van der Waals surface area contributed by atoms with Crippen LogP contribution >= 0.6 is 11.3 Å². The highest BCUT2D eigenvalue weighted by atomic mass is 32.1. The predicted molar refractivity (Wildman–Crippen MR) is 82.1 cm³/mol. The first-order valence-corrected chi connectivity index (χ1v) is 8.53. The maximum absolute atomic E-state index is 4.93. The van der Waals surface area contributed by atoms with Gasteiger partial charge in [0.25, 0.3) is 0 Å². The molecule has 106 valence electrons. The number of anilines is 1. The number of thiazole rings is 1. The van der Waals surface area contributed by atoms with Crippen LogP contribution in [0.25, 0.3) is 0 Å². The van der Waals surface area contributed by atoms with Crippen LogP contribution in [0.2, 0.25) is 0 Å². The van der Waals surface area contributed by atoms with E-state index in [0.29, 0.717) is 0 Å². The zero-order valence-electron chi connectivity index (χ0n) is 12.1. The highest BCUT2D eigenvalue weighted by Gasteiger charge is 2.31. The second kappa shape index (κ2) is 5.80. The summed E-state index contributed by atoms with van der Waals surface area (Å²) in [5.74, 6) is 0.764. The molecule has 1 aromatic rings. The Hall–Kier alpha value is -0.610. The Kier molecular flexibility index (Phi) is 4.08. The summed E-state index contributed by atoms with van der Waals surface area (Å²) >= 11 is 1.91. The molecule has 2 aliphatic rings. The number of rotatable bonds is 8. The van der Waals surface area contributed by atoms with E-state index in [0.717, 1.165) is 25.0 Å². The van der Waals surface area contributed by atoms with Gasteiger partial charge in [0.2, 0.25) is 0 Å². The molecule has 3 rings (SSSR count). The Bertz CT molecular complexity index is 421. The molecule has 0 amide bonds. The highest BCUT2D eigenvalue weighted by molar-refractivity contribution is 7.15. The molecule has 0 radical (unpaired) electrons. The third-order valence-corrected chi connectivity index (χ3v) is 5.17. The maximum atomic E-state index is 4.93. The summed E-state index contributed by atoms with van der Waals surface area (Å²) < 4.78 is 0. The summed E-state index contributed by atoms with van der Waals surface area (Å²) in [4.78, 5) is 8.76. The fraction of sp³-hybridized carbons (Fsp3) is 0.800. The number of nitrogens with one attached hydrogen (secondary N) is 1. The van der Waals surface area contributed by atoms with Crippen LogP contribution < -0.4 is 10.2 Å². The molecule has 4 heteroatoms. The van der Waals surface area contributed by atoms with Crippen LogP contribution in [0, 0.1) is 0 Å². The molecular weight excluding hydrogens is 254 g/mol. The largest absolute Gasteiger partial charge is 0.351 e. The minimum Gasteiger partial charge on any atom is -0.351 e. The Labute approximate surface area is 120 Å². The second-order valence-corrected chi connectivity index (χ2v) is 7.07. The molecule has 3 nitrogen and oxygen atoms in total. The van der Waals surface area contributed by atoms with E-state index in [1.807, 2.05) is 11.3 Å². The molecule has 2 fully saturated rings. The first-order valence-electron chi connectivity index (χ1n) is 7.72. The van der Waals surface area contributed by atoms with E-state index in [-0.39, 0.29) is 0 Å². The lowest BCUT2D eigenvalue weighted by Gasteiger charge is -2.14. The summed E-state index contributed by atoms with van der Waals surface area (Å²) in [6, 6.07) is 0.787. The van der Waals surface area contributed by atoms with Crippen LogP contribution in [0.1, 0.15) is 61.9 Å². The Morgan fingerprint density at radius 3 is 2.74 bits per heavy atom. The van der Waals surface area contributed by atoms with E-state index in [9.17, 15) is 0 Å². The van der Waals surface area contributed by atoms with Crippen LogP contribution in [-0.4, -0.2) is 24.6 Å². The average molecular weight is 279 g/mol. The molecule has 0 spiro atoms. The van der Waals surface area contributed by atoms with Crippen molar-refractivity contribution in [2.75, 3.05) is 18.5 Å².